The predicted octanol–water partition coefficient (Wildman–Crippen LogP) is 1.62. The number of hydrogen-bond acceptors (Lipinski definition) is 3. The van der Waals surface area contributed by atoms with Crippen LogP contribution in [0, 0.1) is 0 Å². The van der Waals surface area contributed by atoms with Gasteiger partial charge in [0.05, 0.1) is 0 Å². The van der Waals surface area contributed by atoms with E-state index in [1.807, 2.05) is 18.7 Å². The van der Waals surface area contributed by atoms with Crippen molar-refractivity contribution in [3.8, 4) is 0 Å². The van der Waals surface area contributed by atoms with E-state index in [4.69, 9.17) is 5.73 Å². The Balaban J connectivity index is 3.38. The lowest BCUT2D eigenvalue weighted by molar-refractivity contribution is 0.665. The summed E-state index contributed by atoms with van der Waals surface area (Å²) < 4.78 is 11.5. The zero-order valence-electron chi connectivity index (χ0n) is 8.62. The minimum Gasteiger partial charge on any atom is -0.330 e. The van der Waals surface area contributed by atoms with E-state index in [0.29, 0.717) is 6.54 Å². The van der Waals surface area contributed by atoms with Crippen LogP contribution in [-0.2, 0) is 10.8 Å². The second-order valence-electron chi connectivity index (χ2n) is 3.02. The molecule has 0 saturated heterocycles. The van der Waals surface area contributed by atoms with Gasteiger partial charge in [0.2, 0.25) is 0 Å². The zero-order chi connectivity index (χ0) is 10.1. The number of rotatable bonds is 8. The second kappa shape index (κ2) is 9.03. The largest absolute Gasteiger partial charge is 0.330 e. The zero-order valence-corrected chi connectivity index (χ0v) is 10.3. The lowest BCUT2D eigenvalue weighted by Crippen LogP contribution is -2.18. The summed E-state index contributed by atoms with van der Waals surface area (Å²) in [6, 6.07) is 0. The van der Waals surface area contributed by atoms with E-state index >= 15 is 0 Å². The third kappa shape index (κ3) is 7.52. The van der Waals surface area contributed by atoms with Crippen molar-refractivity contribution < 1.29 is 4.21 Å². The Hall–Kier alpha value is 0.460. The van der Waals surface area contributed by atoms with Crippen molar-refractivity contribution in [3.63, 3.8) is 0 Å². The average Bonchev–Trinajstić information content (AvgIpc) is 2.12. The molecule has 0 aromatic heterocycles. The van der Waals surface area contributed by atoms with Crippen LogP contribution in [0.25, 0.3) is 0 Å². The molecule has 2 atom stereocenters. The maximum Gasteiger partial charge on any atom is 0.0331 e. The summed E-state index contributed by atoms with van der Waals surface area (Å²) in [5.41, 5.74) is 5.41. The molecule has 2 nitrogen and oxygen atoms in total. The van der Waals surface area contributed by atoms with Crippen molar-refractivity contribution in [1.82, 2.24) is 0 Å². The smallest absolute Gasteiger partial charge is 0.0331 e. The molecular weight excluding hydrogens is 202 g/mol. The highest BCUT2D eigenvalue weighted by molar-refractivity contribution is 7.99. The van der Waals surface area contributed by atoms with E-state index in [9.17, 15) is 4.21 Å². The minimum atomic E-state index is -0.661. The normalized spacial score (nSPS) is 15.6. The van der Waals surface area contributed by atoms with Crippen molar-refractivity contribution in [1.29, 1.82) is 0 Å². The van der Waals surface area contributed by atoms with Crippen molar-refractivity contribution >= 4 is 22.6 Å². The topological polar surface area (TPSA) is 43.1 Å². The van der Waals surface area contributed by atoms with Crippen molar-refractivity contribution in [2.45, 2.75) is 31.9 Å². The van der Waals surface area contributed by atoms with Gasteiger partial charge in [0.25, 0.3) is 0 Å². The Kier molecular flexibility index (Phi) is 9.35. The lowest BCUT2D eigenvalue weighted by Gasteiger charge is -2.09. The Bertz CT molecular complexity index is 142. The van der Waals surface area contributed by atoms with Crippen LogP contribution >= 0.6 is 11.8 Å². The summed E-state index contributed by atoms with van der Waals surface area (Å²) in [5, 5.41) is 0.275. The SMILES string of the molecule is CCSCCCS(=O)C(C)CCN. The van der Waals surface area contributed by atoms with Gasteiger partial charge in [-0.25, -0.2) is 0 Å². The Morgan fingerprint density at radius 3 is 2.77 bits per heavy atom. The fourth-order valence-corrected chi connectivity index (χ4v) is 3.06. The van der Waals surface area contributed by atoms with Crippen LogP contribution in [0.4, 0.5) is 0 Å². The first-order valence-electron chi connectivity index (χ1n) is 4.87. The monoisotopic (exact) mass is 223 g/mol. The average molecular weight is 223 g/mol. The number of thioether (sulfide) groups is 1. The van der Waals surface area contributed by atoms with E-state index in [1.165, 1.54) is 0 Å². The maximum atomic E-state index is 11.5. The molecule has 0 bridgehead atoms. The number of nitrogens with two attached hydrogens (primary N) is 1. The third-order valence-corrected chi connectivity index (χ3v) is 4.67. The Labute approximate surface area is 88.5 Å². The van der Waals surface area contributed by atoms with Crippen LogP contribution in [-0.4, -0.2) is 33.3 Å². The summed E-state index contributed by atoms with van der Waals surface area (Å²) in [7, 11) is -0.661. The molecule has 0 aliphatic carbocycles. The highest BCUT2D eigenvalue weighted by Gasteiger charge is 2.08. The van der Waals surface area contributed by atoms with Crippen LogP contribution in [0.5, 0.6) is 0 Å². The van der Waals surface area contributed by atoms with Crippen molar-refractivity contribution in [3.05, 3.63) is 0 Å². The molecule has 0 aromatic rings. The molecule has 0 aliphatic heterocycles. The molecule has 4 heteroatoms. The summed E-state index contributed by atoms with van der Waals surface area (Å²) in [4.78, 5) is 0. The van der Waals surface area contributed by atoms with Crippen LogP contribution in [0.15, 0.2) is 0 Å². The molecular formula is C9H21NOS2. The molecule has 0 aromatic carbocycles. The highest BCUT2D eigenvalue weighted by atomic mass is 32.2. The van der Waals surface area contributed by atoms with Crippen molar-refractivity contribution in [2.24, 2.45) is 5.73 Å². The van der Waals surface area contributed by atoms with Gasteiger partial charge in [-0.05, 0) is 30.9 Å². The minimum absolute atomic E-state index is 0.275. The van der Waals surface area contributed by atoms with Gasteiger partial charge >= 0.3 is 0 Å². The molecule has 0 radical (unpaired) electrons. The highest BCUT2D eigenvalue weighted by Crippen LogP contribution is 2.06. The van der Waals surface area contributed by atoms with E-state index in [0.717, 1.165) is 30.1 Å². The molecule has 0 saturated carbocycles. The summed E-state index contributed by atoms with van der Waals surface area (Å²) in [6.45, 7) is 4.82. The number of hydrogen-bond donors (Lipinski definition) is 1. The standard InChI is InChI=1S/C9H21NOS2/c1-3-12-7-4-8-13(11)9(2)5-6-10/h9H,3-8,10H2,1-2H3. The van der Waals surface area contributed by atoms with Crippen LogP contribution in [0.1, 0.15) is 26.7 Å². The molecule has 0 aliphatic rings. The van der Waals surface area contributed by atoms with Gasteiger partial charge in [-0.15, -0.1) is 0 Å². The molecule has 2 N–H and O–H groups in total. The first-order valence-corrected chi connectivity index (χ1v) is 7.41. The van der Waals surface area contributed by atoms with Gasteiger partial charge in [-0.1, -0.05) is 13.8 Å². The van der Waals surface area contributed by atoms with E-state index in [1.54, 1.807) is 0 Å². The fraction of sp³-hybridized carbons (Fsp3) is 1.00. The van der Waals surface area contributed by atoms with Gasteiger partial charge < -0.3 is 5.73 Å². The van der Waals surface area contributed by atoms with Crippen LogP contribution in [0.2, 0.25) is 0 Å². The molecule has 2 unspecified atom stereocenters. The summed E-state index contributed by atoms with van der Waals surface area (Å²) in [6.07, 6.45) is 1.95. The van der Waals surface area contributed by atoms with Crippen molar-refractivity contribution in [2.75, 3.05) is 23.8 Å². The van der Waals surface area contributed by atoms with Gasteiger partial charge in [0.1, 0.15) is 0 Å². The first kappa shape index (κ1) is 13.5. The Morgan fingerprint density at radius 1 is 1.54 bits per heavy atom. The van der Waals surface area contributed by atoms with E-state index in [-0.39, 0.29) is 5.25 Å². The van der Waals surface area contributed by atoms with Gasteiger partial charge in [-0.2, -0.15) is 11.8 Å². The quantitative estimate of drug-likeness (QED) is 0.636. The van der Waals surface area contributed by atoms with Crippen LogP contribution < -0.4 is 5.73 Å². The summed E-state index contributed by atoms with van der Waals surface area (Å²) in [5.74, 6) is 3.14. The van der Waals surface area contributed by atoms with E-state index in [2.05, 4.69) is 6.92 Å². The molecule has 0 rings (SSSR count). The van der Waals surface area contributed by atoms with Gasteiger partial charge in [-0.3, -0.25) is 4.21 Å². The van der Waals surface area contributed by atoms with Gasteiger partial charge in [0.15, 0.2) is 0 Å². The summed E-state index contributed by atoms with van der Waals surface area (Å²) >= 11 is 1.92. The maximum absolute atomic E-state index is 11.5. The fourth-order valence-electron chi connectivity index (χ4n) is 1.01. The van der Waals surface area contributed by atoms with E-state index < -0.39 is 10.8 Å². The second-order valence-corrected chi connectivity index (χ2v) is 6.39. The van der Waals surface area contributed by atoms with Gasteiger partial charge in [0, 0.05) is 21.8 Å². The first-order chi connectivity index (χ1) is 6.22. The molecule has 0 heterocycles. The Morgan fingerprint density at radius 2 is 2.23 bits per heavy atom. The molecule has 80 valence electrons. The third-order valence-electron chi connectivity index (χ3n) is 1.86. The molecule has 0 spiro atoms. The lowest BCUT2D eigenvalue weighted by atomic mass is 10.3. The molecule has 13 heavy (non-hydrogen) atoms. The molecule has 0 fully saturated rings. The van der Waals surface area contributed by atoms with Crippen LogP contribution in [0.3, 0.4) is 0 Å². The predicted molar refractivity (Wildman–Crippen MR) is 63.8 cm³/mol. The molecule has 0 amide bonds.